The number of likely N-dealkylation sites (N-methyl/N-ethyl adjacent to an activating group) is 1. The Kier molecular flexibility index (Phi) is 6.24. The number of nitrogens with one attached hydrogen (secondary N) is 1. The van der Waals surface area contributed by atoms with Crippen LogP contribution in [0.5, 0.6) is 0 Å². The topological polar surface area (TPSA) is 66.5 Å². The van der Waals surface area contributed by atoms with Crippen LogP contribution in [-0.2, 0) is 20.0 Å². The van der Waals surface area contributed by atoms with Gasteiger partial charge in [-0.2, -0.15) is 5.10 Å². The van der Waals surface area contributed by atoms with E-state index in [1.165, 1.54) is 6.07 Å². The minimum atomic E-state index is -0.327. The second-order valence-electron chi connectivity index (χ2n) is 8.97. The summed E-state index contributed by atoms with van der Waals surface area (Å²) in [6.07, 6.45) is 4.02. The second-order valence-corrected chi connectivity index (χ2v) is 9.41. The second kappa shape index (κ2) is 9.32. The molecule has 5 rings (SSSR count). The van der Waals surface area contributed by atoms with Gasteiger partial charge in [0.15, 0.2) is 5.65 Å². The molecule has 0 aliphatic carbocycles. The van der Waals surface area contributed by atoms with E-state index in [0.29, 0.717) is 28.6 Å². The van der Waals surface area contributed by atoms with E-state index < -0.39 is 0 Å². The number of aryl methyl sites for hydroxylation is 2. The Labute approximate surface area is 203 Å². The van der Waals surface area contributed by atoms with Gasteiger partial charge in [-0.25, -0.2) is 18.9 Å². The number of halogens is 2. The van der Waals surface area contributed by atoms with Crippen molar-refractivity contribution in [2.75, 3.05) is 38.5 Å². The van der Waals surface area contributed by atoms with Gasteiger partial charge in [0.05, 0.1) is 17.7 Å². The number of nitrogens with zero attached hydrogens (tertiary/aromatic N) is 7. The Bertz CT molecular complexity index is 1320. The molecule has 0 saturated carbocycles. The Morgan fingerprint density at radius 3 is 2.59 bits per heavy atom. The number of hydrogen-bond donors (Lipinski definition) is 1. The number of rotatable bonds is 6. The average Bonchev–Trinajstić information content (AvgIpc) is 3.34. The fourth-order valence-corrected chi connectivity index (χ4v) is 4.47. The van der Waals surface area contributed by atoms with E-state index in [4.69, 9.17) is 21.7 Å². The zero-order valence-corrected chi connectivity index (χ0v) is 20.3. The van der Waals surface area contributed by atoms with Crippen LogP contribution in [-0.4, -0.2) is 67.2 Å². The molecule has 0 unspecified atom stereocenters. The Hall–Kier alpha value is -3.01. The van der Waals surface area contributed by atoms with E-state index in [1.54, 1.807) is 18.5 Å². The van der Waals surface area contributed by atoms with Crippen LogP contribution < -0.4 is 5.32 Å². The van der Waals surface area contributed by atoms with E-state index in [9.17, 15) is 4.39 Å². The summed E-state index contributed by atoms with van der Waals surface area (Å²) < 4.78 is 18.4. The minimum Gasteiger partial charge on any atom is -0.338 e. The molecule has 0 bridgehead atoms. The Morgan fingerprint density at radius 1 is 1.09 bits per heavy atom. The van der Waals surface area contributed by atoms with Crippen LogP contribution in [0.3, 0.4) is 0 Å². The molecule has 3 aromatic heterocycles. The van der Waals surface area contributed by atoms with Crippen molar-refractivity contribution in [1.82, 2.24) is 33.9 Å². The standard InChI is InChI=1S/C24H28ClFN8/c1-16-20(10-17-4-5-18(25)11-21(17)26)24-29-22(28-23-14-32(3)15-27-23)12-19(34(24)30-16)13-33-8-6-31(2)7-9-33/h4-5,11-12,14-15H,6-10,13H2,1-3H3,(H,28,29). The lowest BCUT2D eigenvalue weighted by molar-refractivity contribution is 0.146. The number of aromatic nitrogens is 5. The number of imidazole rings is 1. The van der Waals surface area contributed by atoms with Gasteiger partial charge in [0.1, 0.15) is 17.5 Å². The molecule has 4 heterocycles. The number of hydrogen-bond acceptors (Lipinski definition) is 6. The van der Waals surface area contributed by atoms with Crippen molar-refractivity contribution in [3.05, 3.63) is 70.1 Å². The lowest BCUT2D eigenvalue weighted by atomic mass is 10.0. The molecule has 1 aromatic carbocycles. The highest BCUT2D eigenvalue weighted by molar-refractivity contribution is 6.30. The van der Waals surface area contributed by atoms with Crippen molar-refractivity contribution in [2.45, 2.75) is 19.9 Å². The highest BCUT2D eigenvalue weighted by Gasteiger charge is 2.20. The van der Waals surface area contributed by atoms with Crippen LogP contribution in [0.25, 0.3) is 5.65 Å². The molecule has 10 heteroatoms. The molecular formula is C24H28ClFN8. The maximum absolute atomic E-state index is 14.6. The number of benzene rings is 1. The lowest BCUT2D eigenvalue weighted by Crippen LogP contribution is -2.44. The highest BCUT2D eigenvalue weighted by atomic mass is 35.5. The first-order chi connectivity index (χ1) is 16.4. The third-order valence-corrected chi connectivity index (χ3v) is 6.52. The highest BCUT2D eigenvalue weighted by Crippen LogP contribution is 2.25. The summed E-state index contributed by atoms with van der Waals surface area (Å²) >= 11 is 5.95. The van der Waals surface area contributed by atoms with E-state index >= 15 is 0 Å². The molecule has 1 fully saturated rings. The summed E-state index contributed by atoms with van der Waals surface area (Å²) in [6, 6.07) is 6.81. The normalized spacial score (nSPS) is 15.3. The van der Waals surface area contributed by atoms with Gasteiger partial charge < -0.3 is 14.8 Å². The zero-order chi connectivity index (χ0) is 23.8. The van der Waals surface area contributed by atoms with Crippen LogP contribution >= 0.6 is 11.6 Å². The van der Waals surface area contributed by atoms with Crippen molar-refractivity contribution in [1.29, 1.82) is 0 Å². The maximum Gasteiger partial charge on any atom is 0.161 e. The van der Waals surface area contributed by atoms with Crippen molar-refractivity contribution in [3.63, 3.8) is 0 Å². The fourth-order valence-electron chi connectivity index (χ4n) is 4.31. The maximum atomic E-state index is 14.6. The van der Waals surface area contributed by atoms with Crippen molar-refractivity contribution in [2.24, 2.45) is 7.05 Å². The molecule has 0 atom stereocenters. The molecule has 4 aromatic rings. The smallest absolute Gasteiger partial charge is 0.161 e. The Morgan fingerprint density at radius 2 is 1.88 bits per heavy atom. The van der Waals surface area contributed by atoms with Gasteiger partial charge in [-0.1, -0.05) is 17.7 Å². The minimum absolute atomic E-state index is 0.327. The van der Waals surface area contributed by atoms with Crippen LogP contribution in [0.4, 0.5) is 16.0 Å². The zero-order valence-electron chi connectivity index (χ0n) is 19.6. The lowest BCUT2D eigenvalue weighted by Gasteiger charge is -2.32. The molecule has 0 spiro atoms. The van der Waals surface area contributed by atoms with Gasteiger partial charge in [0.25, 0.3) is 0 Å². The number of piperazine rings is 1. The third-order valence-electron chi connectivity index (χ3n) is 6.28. The van der Waals surface area contributed by atoms with Crippen LogP contribution in [0.15, 0.2) is 36.8 Å². The van der Waals surface area contributed by atoms with Gasteiger partial charge in [-0.05, 0) is 31.7 Å². The number of anilines is 2. The molecule has 1 aliphatic heterocycles. The van der Waals surface area contributed by atoms with Crippen LogP contribution in [0, 0.1) is 12.7 Å². The van der Waals surface area contributed by atoms with Crippen molar-refractivity contribution >= 4 is 28.9 Å². The van der Waals surface area contributed by atoms with Gasteiger partial charge in [0.2, 0.25) is 0 Å². The predicted molar refractivity (Wildman–Crippen MR) is 131 cm³/mol. The first-order valence-corrected chi connectivity index (χ1v) is 11.7. The van der Waals surface area contributed by atoms with Gasteiger partial charge in [0, 0.05) is 69.0 Å². The largest absolute Gasteiger partial charge is 0.338 e. The fraction of sp³-hybridized carbons (Fsp3) is 0.375. The number of fused-ring (bicyclic) bond motifs is 1. The third kappa shape index (κ3) is 4.77. The summed E-state index contributed by atoms with van der Waals surface area (Å²) in [5, 5.41) is 8.51. The molecule has 178 valence electrons. The van der Waals surface area contributed by atoms with Crippen molar-refractivity contribution < 1.29 is 4.39 Å². The quantitative estimate of drug-likeness (QED) is 0.452. The Balaban J connectivity index is 1.55. The van der Waals surface area contributed by atoms with Gasteiger partial charge in [-0.3, -0.25) is 4.90 Å². The van der Waals surface area contributed by atoms with Crippen LogP contribution in [0.1, 0.15) is 22.5 Å². The SMILES string of the molecule is Cc1nn2c(CN3CCN(C)CC3)cc(Nc3cn(C)cn3)nc2c1Cc1ccc(Cl)cc1F. The van der Waals surface area contributed by atoms with E-state index in [-0.39, 0.29) is 5.82 Å². The molecule has 0 radical (unpaired) electrons. The summed E-state index contributed by atoms with van der Waals surface area (Å²) in [7, 11) is 4.07. The molecule has 34 heavy (non-hydrogen) atoms. The van der Waals surface area contributed by atoms with Gasteiger partial charge in [-0.15, -0.1) is 0 Å². The summed E-state index contributed by atoms with van der Waals surface area (Å²) in [5.74, 6) is 1.08. The molecule has 0 amide bonds. The monoisotopic (exact) mass is 482 g/mol. The molecule has 8 nitrogen and oxygen atoms in total. The first-order valence-electron chi connectivity index (χ1n) is 11.3. The van der Waals surface area contributed by atoms with E-state index in [1.807, 2.05) is 35.3 Å². The average molecular weight is 483 g/mol. The molecule has 1 aliphatic rings. The summed E-state index contributed by atoms with van der Waals surface area (Å²) in [6.45, 7) is 6.75. The van der Waals surface area contributed by atoms with E-state index in [0.717, 1.165) is 55.3 Å². The van der Waals surface area contributed by atoms with E-state index in [2.05, 4.69) is 27.1 Å². The molecule has 1 saturated heterocycles. The summed E-state index contributed by atoms with van der Waals surface area (Å²) in [4.78, 5) is 14.0. The molecular weight excluding hydrogens is 455 g/mol. The predicted octanol–water partition coefficient (Wildman–Crippen LogP) is 3.65. The molecule has 1 N–H and O–H groups in total. The first kappa shape index (κ1) is 22.8. The van der Waals surface area contributed by atoms with Crippen LogP contribution in [0.2, 0.25) is 5.02 Å². The summed E-state index contributed by atoms with van der Waals surface area (Å²) in [5.41, 5.74) is 4.03. The van der Waals surface area contributed by atoms with Crippen molar-refractivity contribution in [3.8, 4) is 0 Å². The van der Waals surface area contributed by atoms with Gasteiger partial charge >= 0.3 is 0 Å².